The number of nitrogens with zero attached hydrogens (tertiary/aromatic N) is 1. The highest BCUT2D eigenvalue weighted by atomic mass is 32.1. The molecule has 0 bridgehead atoms. The Morgan fingerprint density at radius 3 is 2.58 bits per heavy atom. The Morgan fingerprint density at radius 1 is 1.04 bits per heavy atom. The number of esters is 1. The van der Waals surface area contributed by atoms with Gasteiger partial charge in [-0.25, -0.2) is 4.79 Å². The van der Waals surface area contributed by atoms with E-state index in [-0.39, 0.29) is 5.97 Å². The second kappa shape index (κ2) is 7.18. The van der Waals surface area contributed by atoms with Gasteiger partial charge in [-0.05, 0) is 36.1 Å². The van der Waals surface area contributed by atoms with Gasteiger partial charge in [0.15, 0.2) is 0 Å². The predicted molar refractivity (Wildman–Crippen MR) is 106 cm³/mol. The minimum absolute atomic E-state index is 0.265. The zero-order chi connectivity index (χ0) is 17.9. The van der Waals surface area contributed by atoms with Gasteiger partial charge in [-0.1, -0.05) is 42.5 Å². The van der Waals surface area contributed by atoms with Crippen LogP contribution in [-0.2, 0) is 11.2 Å². The van der Waals surface area contributed by atoms with Crippen molar-refractivity contribution in [3.8, 4) is 10.4 Å². The van der Waals surface area contributed by atoms with E-state index in [1.165, 1.54) is 5.56 Å². The number of ether oxygens (including phenoxy) is 1. The third-order valence-corrected chi connectivity index (χ3v) is 5.29. The first kappa shape index (κ1) is 16.6. The summed E-state index contributed by atoms with van der Waals surface area (Å²) < 4.78 is 7.51. The van der Waals surface area contributed by atoms with Crippen LogP contribution in [0.15, 0.2) is 72.2 Å². The maximum absolute atomic E-state index is 12.8. The molecule has 130 valence electrons. The number of hydrogen-bond acceptors (Lipinski definition) is 3. The molecule has 0 saturated heterocycles. The molecule has 4 aromatic rings. The molecule has 0 spiro atoms. The van der Waals surface area contributed by atoms with E-state index in [4.69, 9.17) is 4.74 Å². The molecular weight excluding hydrogens is 342 g/mol. The first-order valence-electron chi connectivity index (χ1n) is 8.66. The molecule has 0 saturated carbocycles. The average Bonchev–Trinajstić information content (AvgIpc) is 3.29. The van der Waals surface area contributed by atoms with Crippen LogP contribution >= 0.6 is 11.3 Å². The van der Waals surface area contributed by atoms with Gasteiger partial charge in [0, 0.05) is 28.8 Å². The van der Waals surface area contributed by atoms with Gasteiger partial charge in [0.2, 0.25) is 0 Å². The van der Waals surface area contributed by atoms with E-state index in [0.717, 1.165) is 28.1 Å². The van der Waals surface area contributed by atoms with Crippen molar-refractivity contribution in [1.82, 2.24) is 4.40 Å². The molecule has 0 aliphatic heterocycles. The summed E-state index contributed by atoms with van der Waals surface area (Å²) in [6.45, 7) is 2.20. The van der Waals surface area contributed by atoms with Gasteiger partial charge in [-0.3, -0.25) is 0 Å². The molecule has 0 aliphatic carbocycles. The van der Waals surface area contributed by atoms with Crippen molar-refractivity contribution >= 4 is 22.8 Å². The van der Waals surface area contributed by atoms with E-state index >= 15 is 0 Å². The number of fused-ring (bicyclic) bond motifs is 1. The molecule has 0 atom stereocenters. The SMILES string of the molecule is CCOC(=O)c1c(-c2cccs2)c(Cc2ccccc2)n2ccccc12. The molecule has 26 heavy (non-hydrogen) atoms. The number of rotatable bonds is 5. The van der Waals surface area contributed by atoms with Crippen LogP contribution in [-0.4, -0.2) is 17.0 Å². The van der Waals surface area contributed by atoms with Crippen molar-refractivity contribution < 1.29 is 9.53 Å². The molecule has 1 aromatic carbocycles. The van der Waals surface area contributed by atoms with Gasteiger partial charge in [-0.15, -0.1) is 11.3 Å². The van der Waals surface area contributed by atoms with E-state index in [9.17, 15) is 4.79 Å². The number of carbonyl (C=O) groups excluding carboxylic acids is 1. The fraction of sp³-hybridized carbons (Fsp3) is 0.136. The number of carbonyl (C=O) groups is 1. The highest BCUT2D eigenvalue weighted by molar-refractivity contribution is 7.13. The summed E-state index contributed by atoms with van der Waals surface area (Å²) in [6, 6.07) is 20.4. The number of hydrogen-bond donors (Lipinski definition) is 0. The zero-order valence-corrected chi connectivity index (χ0v) is 15.3. The number of benzene rings is 1. The molecule has 4 heteroatoms. The normalized spacial score (nSPS) is 11.0. The molecular formula is C22H19NO2S. The largest absolute Gasteiger partial charge is 0.462 e. The molecule has 0 N–H and O–H groups in total. The lowest BCUT2D eigenvalue weighted by Crippen LogP contribution is -2.05. The summed E-state index contributed by atoms with van der Waals surface area (Å²) >= 11 is 1.64. The van der Waals surface area contributed by atoms with E-state index in [1.807, 2.05) is 61.0 Å². The highest BCUT2D eigenvalue weighted by Gasteiger charge is 2.25. The van der Waals surface area contributed by atoms with Crippen LogP contribution in [0.5, 0.6) is 0 Å². The summed E-state index contributed by atoms with van der Waals surface area (Å²) in [4.78, 5) is 13.9. The Balaban J connectivity index is 2.00. The Morgan fingerprint density at radius 2 is 1.85 bits per heavy atom. The maximum Gasteiger partial charge on any atom is 0.340 e. The summed E-state index contributed by atoms with van der Waals surface area (Å²) in [6.07, 6.45) is 2.77. The smallest absolute Gasteiger partial charge is 0.340 e. The van der Waals surface area contributed by atoms with Gasteiger partial charge in [0.25, 0.3) is 0 Å². The lowest BCUT2D eigenvalue weighted by molar-refractivity contribution is 0.0529. The first-order chi connectivity index (χ1) is 12.8. The van der Waals surface area contributed by atoms with Crippen LogP contribution < -0.4 is 0 Å². The Kier molecular flexibility index (Phi) is 4.59. The van der Waals surface area contributed by atoms with E-state index < -0.39 is 0 Å². The van der Waals surface area contributed by atoms with E-state index in [0.29, 0.717) is 12.2 Å². The van der Waals surface area contributed by atoms with Crippen molar-refractivity contribution in [2.45, 2.75) is 13.3 Å². The summed E-state index contributed by atoms with van der Waals surface area (Å²) in [7, 11) is 0. The standard InChI is InChI=1S/C22H19NO2S/c1-2-25-22(24)21-17-11-6-7-13-23(17)18(15-16-9-4-3-5-10-16)20(21)19-12-8-14-26-19/h3-14H,2,15H2,1H3. The van der Waals surface area contributed by atoms with Gasteiger partial charge < -0.3 is 9.14 Å². The van der Waals surface area contributed by atoms with Crippen molar-refractivity contribution in [2.24, 2.45) is 0 Å². The monoisotopic (exact) mass is 361 g/mol. The van der Waals surface area contributed by atoms with E-state index in [2.05, 4.69) is 22.6 Å². The molecule has 0 unspecified atom stereocenters. The maximum atomic E-state index is 12.8. The fourth-order valence-corrected chi connectivity index (χ4v) is 4.13. The Hall–Kier alpha value is -2.85. The van der Waals surface area contributed by atoms with Crippen LogP contribution in [0.2, 0.25) is 0 Å². The first-order valence-corrected chi connectivity index (χ1v) is 9.54. The van der Waals surface area contributed by atoms with Crippen LogP contribution in [0.4, 0.5) is 0 Å². The number of thiophene rings is 1. The third-order valence-electron chi connectivity index (χ3n) is 4.41. The van der Waals surface area contributed by atoms with Crippen molar-refractivity contribution in [3.63, 3.8) is 0 Å². The minimum Gasteiger partial charge on any atom is -0.462 e. The average molecular weight is 361 g/mol. The molecule has 3 heterocycles. The summed E-state index contributed by atoms with van der Waals surface area (Å²) in [5, 5.41) is 2.04. The lowest BCUT2D eigenvalue weighted by atomic mass is 10.0. The van der Waals surface area contributed by atoms with Crippen LogP contribution in [0.1, 0.15) is 28.5 Å². The molecule has 3 aromatic heterocycles. The zero-order valence-electron chi connectivity index (χ0n) is 14.5. The number of aromatic nitrogens is 1. The van der Waals surface area contributed by atoms with Crippen molar-refractivity contribution in [3.05, 3.63) is 89.1 Å². The van der Waals surface area contributed by atoms with Gasteiger partial charge >= 0.3 is 5.97 Å². The second-order valence-electron chi connectivity index (χ2n) is 6.01. The summed E-state index contributed by atoms with van der Waals surface area (Å²) in [5.41, 5.74) is 4.84. The Bertz CT molecular complexity index is 1030. The molecule has 0 radical (unpaired) electrons. The predicted octanol–water partition coefficient (Wildman–Crippen LogP) is 5.44. The molecule has 0 aliphatic rings. The highest BCUT2D eigenvalue weighted by Crippen LogP contribution is 2.37. The summed E-state index contributed by atoms with van der Waals surface area (Å²) in [5.74, 6) is -0.265. The van der Waals surface area contributed by atoms with Crippen molar-refractivity contribution in [2.75, 3.05) is 6.61 Å². The second-order valence-corrected chi connectivity index (χ2v) is 6.96. The van der Waals surface area contributed by atoms with Gasteiger partial charge in [0.1, 0.15) is 0 Å². The molecule has 4 rings (SSSR count). The Labute approximate surface area is 156 Å². The van der Waals surface area contributed by atoms with E-state index in [1.54, 1.807) is 11.3 Å². The fourth-order valence-electron chi connectivity index (χ4n) is 3.33. The number of pyridine rings is 1. The van der Waals surface area contributed by atoms with Crippen LogP contribution in [0.25, 0.3) is 16.0 Å². The lowest BCUT2D eigenvalue weighted by Gasteiger charge is -2.07. The van der Waals surface area contributed by atoms with Gasteiger partial charge in [-0.2, -0.15) is 0 Å². The molecule has 3 nitrogen and oxygen atoms in total. The molecule has 0 fully saturated rings. The van der Waals surface area contributed by atoms with Gasteiger partial charge in [0.05, 0.1) is 17.7 Å². The topological polar surface area (TPSA) is 30.7 Å². The quantitative estimate of drug-likeness (QED) is 0.443. The van der Waals surface area contributed by atoms with Crippen LogP contribution in [0.3, 0.4) is 0 Å². The minimum atomic E-state index is -0.265. The van der Waals surface area contributed by atoms with Crippen molar-refractivity contribution in [1.29, 1.82) is 0 Å². The third kappa shape index (κ3) is 2.93. The van der Waals surface area contributed by atoms with Crippen LogP contribution in [0, 0.1) is 0 Å². The molecule has 0 amide bonds.